The van der Waals surface area contributed by atoms with Crippen LogP contribution in [-0.2, 0) is 17.8 Å². The minimum absolute atomic E-state index is 0.615. The van der Waals surface area contributed by atoms with Crippen LogP contribution in [0, 0.1) is 0 Å². The summed E-state index contributed by atoms with van der Waals surface area (Å²) in [5.41, 5.74) is 2.51. The van der Waals surface area contributed by atoms with Crippen LogP contribution in [0.5, 0.6) is 5.75 Å². The van der Waals surface area contributed by atoms with Crippen molar-refractivity contribution in [3.05, 3.63) is 65.7 Å². The second kappa shape index (κ2) is 7.59. The highest BCUT2D eigenvalue weighted by Crippen LogP contribution is 2.15. The summed E-state index contributed by atoms with van der Waals surface area (Å²) in [6.45, 7) is 1.43. The fraction of sp³-hybridized carbons (Fsp3) is 0.294. The van der Waals surface area contributed by atoms with Crippen LogP contribution < -0.4 is 4.74 Å². The van der Waals surface area contributed by atoms with Gasteiger partial charge in [0, 0.05) is 13.7 Å². The summed E-state index contributed by atoms with van der Waals surface area (Å²) in [6, 6.07) is 18.5. The van der Waals surface area contributed by atoms with E-state index in [0.29, 0.717) is 6.61 Å². The third-order valence-corrected chi connectivity index (χ3v) is 2.99. The lowest BCUT2D eigenvalue weighted by atomic mass is 10.1. The van der Waals surface area contributed by atoms with E-state index in [4.69, 9.17) is 9.47 Å². The molecule has 0 saturated carbocycles. The van der Waals surface area contributed by atoms with Crippen LogP contribution in [0.3, 0.4) is 0 Å². The molecule has 0 aromatic heterocycles. The molecule has 0 atom stereocenters. The Morgan fingerprint density at radius 3 is 2.26 bits per heavy atom. The lowest BCUT2D eigenvalue weighted by Crippen LogP contribution is -1.96. The molecule has 0 bridgehead atoms. The molecule has 0 aliphatic heterocycles. The molecule has 0 spiro atoms. The van der Waals surface area contributed by atoms with Gasteiger partial charge in [0.25, 0.3) is 0 Å². The predicted octanol–water partition coefficient (Wildman–Crippen LogP) is 3.84. The van der Waals surface area contributed by atoms with Crippen LogP contribution in [0.15, 0.2) is 54.6 Å². The lowest BCUT2D eigenvalue weighted by molar-refractivity contribution is 0.195. The molecule has 0 radical (unpaired) electrons. The average Bonchev–Trinajstić information content (AvgIpc) is 2.48. The molecular weight excluding hydrogens is 236 g/mol. The molecule has 0 heterocycles. The van der Waals surface area contributed by atoms with Crippen LogP contribution in [0.1, 0.15) is 17.5 Å². The zero-order valence-corrected chi connectivity index (χ0v) is 11.3. The van der Waals surface area contributed by atoms with Crippen LogP contribution in [0.4, 0.5) is 0 Å². The van der Waals surface area contributed by atoms with E-state index in [1.54, 1.807) is 7.11 Å². The summed E-state index contributed by atoms with van der Waals surface area (Å²) in [5, 5.41) is 0. The first kappa shape index (κ1) is 13.6. The maximum Gasteiger partial charge on any atom is 0.119 e. The Bertz CT molecular complexity index is 462. The Labute approximate surface area is 115 Å². The largest absolute Gasteiger partial charge is 0.489 e. The van der Waals surface area contributed by atoms with Crippen molar-refractivity contribution in [2.45, 2.75) is 19.4 Å². The van der Waals surface area contributed by atoms with Crippen molar-refractivity contribution < 1.29 is 9.47 Å². The van der Waals surface area contributed by atoms with E-state index in [9.17, 15) is 0 Å². The second-order valence-corrected chi connectivity index (χ2v) is 4.51. The van der Waals surface area contributed by atoms with E-state index >= 15 is 0 Å². The van der Waals surface area contributed by atoms with E-state index in [1.165, 1.54) is 11.1 Å². The minimum atomic E-state index is 0.615. The third-order valence-electron chi connectivity index (χ3n) is 2.99. The Morgan fingerprint density at radius 1 is 0.842 bits per heavy atom. The van der Waals surface area contributed by atoms with E-state index in [-0.39, 0.29) is 0 Å². The van der Waals surface area contributed by atoms with Gasteiger partial charge in [0.05, 0.1) is 0 Å². The quantitative estimate of drug-likeness (QED) is 0.701. The standard InChI is InChI=1S/C17H20O2/c1-18-13-5-8-15-9-11-17(12-10-15)19-14-16-6-3-2-4-7-16/h2-4,6-7,9-12H,5,8,13-14H2,1H3. The molecule has 0 amide bonds. The lowest BCUT2D eigenvalue weighted by Gasteiger charge is -2.07. The van der Waals surface area contributed by atoms with Crippen LogP contribution in [-0.4, -0.2) is 13.7 Å². The molecule has 0 aliphatic rings. The summed E-state index contributed by atoms with van der Waals surface area (Å²) in [7, 11) is 1.74. The van der Waals surface area contributed by atoms with Gasteiger partial charge in [0.1, 0.15) is 12.4 Å². The fourth-order valence-corrected chi connectivity index (χ4v) is 1.91. The van der Waals surface area contributed by atoms with Gasteiger partial charge in [-0.25, -0.2) is 0 Å². The second-order valence-electron chi connectivity index (χ2n) is 4.51. The zero-order valence-electron chi connectivity index (χ0n) is 11.3. The first-order chi connectivity index (χ1) is 9.38. The van der Waals surface area contributed by atoms with Crippen molar-refractivity contribution in [1.82, 2.24) is 0 Å². The number of hydrogen-bond acceptors (Lipinski definition) is 2. The molecule has 100 valence electrons. The number of ether oxygens (including phenoxy) is 2. The average molecular weight is 256 g/mol. The number of rotatable bonds is 7. The molecule has 2 heteroatoms. The summed E-state index contributed by atoms with van der Waals surface area (Å²) in [5.74, 6) is 0.916. The van der Waals surface area contributed by atoms with Gasteiger partial charge in [0.2, 0.25) is 0 Å². The van der Waals surface area contributed by atoms with Gasteiger partial charge in [-0.3, -0.25) is 0 Å². The van der Waals surface area contributed by atoms with Crippen molar-refractivity contribution >= 4 is 0 Å². The van der Waals surface area contributed by atoms with E-state index in [1.807, 2.05) is 30.3 Å². The SMILES string of the molecule is COCCCc1ccc(OCc2ccccc2)cc1. The van der Waals surface area contributed by atoms with E-state index < -0.39 is 0 Å². The van der Waals surface area contributed by atoms with Crippen LogP contribution >= 0.6 is 0 Å². The smallest absolute Gasteiger partial charge is 0.119 e. The van der Waals surface area contributed by atoms with Gasteiger partial charge in [-0.05, 0) is 36.1 Å². The minimum Gasteiger partial charge on any atom is -0.489 e. The van der Waals surface area contributed by atoms with Crippen molar-refractivity contribution in [2.24, 2.45) is 0 Å². The van der Waals surface area contributed by atoms with Gasteiger partial charge < -0.3 is 9.47 Å². The van der Waals surface area contributed by atoms with Crippen molar-refractivity contribution in [3.63, 3.8) is 0 Å². The van der Waals surface area contributed by atoms with Gasteiger partial charge in [-0.15, -0.1) is 0 Å². The highest BCUT2D eigenvalue weighted by atomic mass is 16.5. The number of methoxy groups -OCH3 is 1. The third kappa shape index (κ3) is 4.76. The van der Waals surface area contributed by atoms with E-state index in [0.717, 1.165) is 25.2 Å². The fourth-order valence-electron chi connectivity index (χ4n) is 1.91. The van der Waals surface area contributed by atoms with Crippen molar-refractivity contribution in [3.8, 4) is 5.75 Å². The van der Waals surface area contributed by atoms with Gasteiger partial charge in [-0.2, -0.15) is 0 Å². The van der Waals surface area contributed by atoms with Gasteiger partial charge >= 0.3 is 0 Å². The van der Waals surface area contributed by atoms with Crippen LogP contribution in [0.2, 0.25) is 0 Å². The highest BCUT2D eigenvalue weighted by Gasteiger charge is 1.97. The monoisotopic (exact) mass is 256 g/mol. The first-order valence-corrected chi connectivity index (χ1v) is 6.63. The summed E-state index contributed by atoms with van der Waals surface area (Å²) in [4.78, 5) is 0. The van der Waals surface area contributed by atoms with Gasteiger partial charge in [0.15, 0.2) is 0 Å². The molecule has 19 heavy (non-hydrogen) atoms. The topological polar surface area (TPSA) is 18.5 Å². The van der Waals surface area contributed by atoms with Crippen LogP contribution in [0.25, 0.3) is 0 Å². The molecule has 0 fully saturated rings. The Kier molecular flexibility index (Phi) is 5.45. The van der Waals surface area contributed by atoms with Crippen molar-refractivity contribution in [2.75, 3.05) is 13.7 Å². The summed E-state index contributed by atoms with van der Waals surface area (Å²) < 4.78 is 10.8. The molecule has 0 saturated heterocycles. The highest BCUT2D eigenvalue weighted by molar-refractivity contribution is 5.27. The Balaban J connectivity index is 1.81. The first-order valence-electron chi connectivity index (χ1n) is 6.63. The van der Waals surface area contributed by atoms with Gasteiger partial charge in [-0.1, -0.05) is 42.5 Å². The molecule has 0 unspecified atom stereocenters. The summed E-state index contributed by atoms with van der Waals surface area (Å²) in [6.07, 6.45) is 2.10. The summed E-state index contributed by atoms with van der Waals surface area (Å²) >= 11 is 0. The predicted molar refractivity (Wildman–Crippen MR) is 77.4 cm³/mol. The molecule has 2 nitrogen and oxygen atoms in total. The number of aryl methyl sites for hydroxylation is 1. The molecule has 0 aliphatic carbocycles. The maximum absolute atomic E-state index is 5.75. The Morgan fingerprint density at radius 2 is 1.58 bits per heavy atom. The number of benzene rings is 2. The zero-order chi connectivity index (χ0) is 13.3. The molecule has 2 aromatic carbocycles. The van der Waals surface area contributed by atoms with Crippen molar-refractivity contribution in [1.29, 1.82) is 0 Å². The Hall–Kier alpha value is -1.80. The normalized spacial score (nSPS) is 10.4. The van der Waals surface area contributed by atoms with E-state index in [2.05, 4.69) is 24.3 Å². The molecule has 2 aromatic rings. The number of hydrogen-bond donors (Lipinski definition) is 0. The molecule has 2 rings (SSSR count). The molecule has 0 N–H and O–H groups in total. The maximum atomic E-state index is 5.75. The molecular formula is C17H20O2.